The molecule has 1 fully saturated rings. The maximum atomic E-state index is 5.53. The monoisotopic (exact) mass is 228 g/mol. The number of hydrogen-bond acceptors (Lipinski definition) is 3. The third kappa shape index (κ3) is 3.44. The van der Waals surface area contributed by atoms with Gasteiger partial charge >= 0.3 is 0 Å². The number of hydrogen-bond donors (Lipinski definition) is 1. The predicted molar refractivity (Wildman–Crippen MR) is 68.8 cm³/mol. The minimum absolute atomic E-state index is 0.0553. The molecule has 0 spiro atoms. The van der Waals surface area contributed by atoms with E-state index in [9.17, 15) is 0 Å². The van der Waals surface area contributed by atoms with Crippen LogP contribution in [0.4, 0.5) is 0 Å². The lowest BCUT2D eigenvalue weighted by molar-refractivity contribution is -0.0326. The molecule has 1 aliphatic heterocycles. The first-order chi connectivity index (χ1) is 7.32. The Labute approximate surface area is 101 Å². The van der Waals surface area contributed by atoms with E-state index in [0.29, 0.717) is 6.04 Å². The quantitative estimate of drug-likeness (QED) is 0.795. The lowest BCUT2D eigenvalue weighted by Gasteiger charge is -2.47. The van der Waals surface area contributed by atoms with Gasteiger partial charge in [0.05, 0.1) is 5.60 Å². The highest BCUT2D eigenvalue weighted by Crippen LogP contribution is 2.21. The van der Waals surface area contributed by atoms with Gasteiger partial charge in [-0.3, -0.25) is 4.90 Å². The molecule has 0 radical (unpaired) electrons. The Bertz CT molecular complexity index is 228. The zero-order valence-electron chi connectivity index (χ0n) is 11.8. The van der Waals surface area contributed by atoms with E-state index in [0.717, 1.165) is 19.6 Å². The van der Waals surface area contributed by atoms with Crippen molar-refractivity contribution in [2.75, 3.05) is 26.7 Å². The van der Waals surface area contributed by atoms with Gasteiger partial charge in [0.15, 0.2) is 0 Å². The average molecular weight is 228 g/mol. The summed E-state index contributed by atoms with van der Waals surface area (Å²) in [5.41, 5.74) is 0.205. The van der Waals surface area contributed by atoms with Gasteiger partial charge in [-0.05, 0) is 34.1 Å². The van der Waals surface area contributed by atoms with Gasteiger partial charge in [-0.25, -0.2) is 0 Å². The number of nitrogens with one attached hydrogen (secondary N) is 1. The minimum atomic E-state index is -0.0553. The second-order valence-electron chi connectivity index (χ2n) is 6.01. The van der Waals surface area contributed by atoms with Gasteiger partial charge in [0.25, 0.3) is 0 Å². The molecule has 96 valence electrons. The van der Waals surface area contributed by atoms with Crippen LogP contribution in [0.3, 0.4) is 0 Å². The number of piperazine rings is 1. The lowest BCUT2D eigenvalue weighted by Crippen LogP contribution is -2.63. The first-order valence-electron chi connectivity index (χ1n) is 6.36. The lowest BCUT2D eigenvalue weighted by atomic mass is 9.92. The number of methoxy groups -OCH3 is 1. The summed E-state index contributed by atoms with van der Waals surface area (Å²) in [5, 5.41) is 3.65. The molecule has 1 aliphatic rings. The molecule has 1 rings (SSSR count). The minimum Gasteiger partial charge on any atom is -0.377 e. The Morgan fingerprint density at radius 2 is 2.12 bits per heavy atom. The first kappa shape index (κ1) is 13.9. The zero-order chi connectivity index (χ0) is 12.4. The van der Waals surface area contributed by atoms with Crippen molar-refractivity contribution in [2.45, 2.75) is 58.2 Å². The summed E-state index contributed by atoms with van der Waals surface area (Å²) in [6, 6.07) is 0.592. The Morgan fingerprint density at radius 3 is 2.62 bits per heavy atom. The van der Waals surface area contributed by atoms with E-state index in [4.69, 9.17) is 4.74 Å². The van der Waals surface area contributed by atoms with Crippen molar-refractivity contribution >= 4 is 0 Å². The Kier molecular flexibility index (Phi) is 4.38. The molecule has 0 amide bonds. The molecule has 0 aliphatic carbocycles. The van der Waals surface area contributed by atoms with Crippen LogP contribution in [0.15, 0.2) is 0 Å². The number of nitrogens with zero attached hydrogens (tertiary/aromatic N) is 1. The molecule has 1 heterocycles. The average Bonchev–Trinajstić information content (AvgIpc) is 2.23. The fourth-order valence-corrected chi connectivity index (χ4v) is 2.19. The molecule has 0 saturated carbocycles. The maximum absolute atomic E-state index is 5.53. The van der Waals surface area contributed by atoms with Crippen LogP contribution in [-0.4, -0.2) is 48.8 Å². The van der Waals surface area contributed by atoms with Crippen LogP contribution in [0, 0.1) is 0 Å². The van der Waals surface area contributed by atoms with E-state index in [-0.39, 0.29) is 11.1 Å². The van der Waals surface area contributed by atoms with Gasteiger partial charge in [-0.2, -0.15) is 0 Å². The summed E-state index contributed by atoms with van der Waals surface area (Å²) in [7, 11) is 1.80. The zero-order valence-corrected chi connectivity index (χ0v) is 11.8. The molecular formula is C13H28N2O. The molecule has 0 aromatic carbocycles. The van der Waals surface area contributed by atoms with Crippen LogP contribution in [0.1, 0.15) is 41.0 Å². The Morgan fingerprint density at radius 1 is 1.50 bits per heavy atom. The normalized spacial score (nSPS) is 33.0. The maximum Gasteiger partial charge on any atom is 0.0749 e. The second kappa shape index (κ2) is 5.03. The summed E-state index contributed by atoms with van der Waals surface area (Å²) in [6.45, 7) is 14.3. The van der Waals surface area contributed by atoms with Gasteiger partial charge in [0.1, 0.15) is 0 Å². The highest BCUT2D eigenvalue weighted by Gasteiger charge is 2.35. The molecular weight excluding hydrogens is 200 g/mol. The molecule has 1 N–H and O–H groups in total. The van der Waals surface area contributed by atoms with Crippen molar-refractivity contribution in [1.29, 1.82) is 0 Å². The molecule has 16 heavy (non-hydrogen) atoms. The summed E-state index contributed by atoms with van der Waals surface area (Å²) in [6.07, 6.45) is 1.17. The molecule has 0 bridgehead atoms. The summed E-state index contributed by atoms with van der Waals surface area (Å²) in [4.78, 5) is 2.55. The second-order valence-corrected chi connectivity index (χ2v) is 6.01. The van der Waals surface area contributed by atoms with E-state index in [2.05, 4.69) is 44.8 Å². The van der Waals surface area contributed by atoms with Crippen LogP contribution in [0.2, 0.25) is 0 Å². The highest BCUT2D eigenvalue weighted by molar-refractivity contribution is 4.94. The largest absolute Gasteiger partial charge is 0.377 e. The predicted octanol–water partition coefficient (Wildman–Crippen LogP) is 1.87. The summed E-state index contributed by atoms with van der Waals surface area (Å²) in [5.74, 6) is 0. The van der Waals surface area contributed by atoms with E-state index in [1.165, 1.54) is 6.42 Å². The molecule has 2 unspecified atom stereocenters. The molecule has 0 aromatic rings. The van der Waals surface area contributed by atoms with Crippen molar-refractivity contribution in [2.24, 2.45) is 0 Å². The van der Waals surface area contributed by atoms with Gasteiger partial charge < -0.3 is 10.1 Å². The van der Waals surface area contributed by atoms with E-state index in [1.807, 2.05) is 0 Å². The summed E-state index contributed by atoms with van der Waals surface area (Å²) >= 11 is 0. The van der Waals surface area contributed by atoms with Crippen LogP contribution < -0.4 is 5.32 Å². The van der Waals surface area contributed by atoms with E-state index >= 15 is 0 Å². The van der Waals surface area contributed by atoms with Crippen LogP contribution in [0.25, 0.3) is 0 Å². The van der Waals surface area contributed by atoms with Crippen LogP contribution in [-0.2, 0) is 4.74 Å². The first-order valence-corrected chi connectivity index (χ1v) is 6.36. The van der Waals surface area contributed by atoms with Gasteiger partial charge in [-0.15, -0.1) is 0 Å². The number of ether oxygens (including phenoxy) is 1. The van der Waals surface area contributed by atoms with Gasteiger partial charge in [0.2, 0.25) is 0 Å². The topological polar surface area (TPSA) is 24.5 Å². The van der Waals surface area contributed by atoms with E-state index in [1.54, 1.807) is 7.11 Å². The summed E-state index contributed by atoms with van der Waals surface area (Å²) < 4.78 is 5.53. The Hall–Kier alpha value is -0.120. The van der Waals surface area contributed by atoms with Crippen molar-refractivity contribution in [1.82, 2.24) is 10.2 Å². The fraction of sp³-hybridized carbons (Fsp3) is 1.00. The Balaban J connectivity index is 2.63. The van der Waals surface area contributed by atoms with E-state index < -0.39 is 0 Å². The SMILES string of the molecule is CCC1(C)CN(CC(C)(C)OC)C(C)CN1. The van der Waals surface area contributed by atoms with Crippen LogP contribution in [0.5, 0.6) is 0 Å². The smallest absolute Gasteiger partial charge is 0.0749 e. The van der Waals surface area contributed by atoms with Gasteiger partial charge in [-0.1, -0.05) is 6.92 Å². The highest BCUT2D eigenvalue weighted by atomic mass is 16.5. The molecule has 1 saturated heterocycles. The van der Waals surface area contributed by atoms with Crippen molar-refractivity contribution < 1.29 is 4.74 Å². The number of rotatable bonds is 4. The standard InChI is InChI=1S/C13H28N2O/c1-7-13(5)10-15(11(2)8-14-13)9-12(3,4)16-6/h11,14H,7-10H2,1-6H3. The van der Waals surface area contributed by atoms with Crippen molar-refractivity contribution in [3.63, 3.8) is 0 Å². The molecule has 2 atom stereocenters. The van der Waals surface area contributed by atoms with Gasteiger partial charge in [0, 0.05) is 38.3 Å². The molecule has 3 heteroatoms. The molecule has 3 nitrogen and oxygen atoms in total. The third-order valence-electron chi connectivity index (χ3n) is 3.92. The fourth-order valence-electron chi connectivity index (χ4n) is 2.19. The van der Waals surface area contributed by atoms with Crippen LogP contribution >= 0.6 is 0 Å². The third-order valence-corrected chi connectivity index (χ3v) is 3.92. The van der Waals surface area contributed by atoms with Crippen molar-refractivity contribution in [3.8, 4) is 0 Å². The van der Waals surface area contributed by atoms with Crippen molar-refractivity contribution in [3.05, 3.63) is 0 Å². The molecule has 0 aromatic heterocycles.